The van der Waals surface area contributed by atoms with Gasteiger partial charge in [0, 0.05) is 23.1 Å². The molecule has 0 fully saturated rings. The Kier molecular flexibility index (Phi) is 5.90. The SMILES string of the molecule is Fc1ncccc1C1(Br)C=C(SC(F)(F)C(F)(F)C(F)(F)F)C=C(Br)C1. The van der Waals surface area contributed by atoms with E-state index in [0.717, 1.165) is 18.3 Å². The fourth-order valence-corrected chi connectivity index (χ4v) is 5.29. The van der Waals surface area contributed by atoms with E-state index >= 15 is 0 Å². The van der Waals surface area contributed by atoms with Crippen LogP contribution in [0.2, 0.25) is 0 Å². The fraction of sp³-hybridized carbons (Fsp3) is 0.357. The van der Waals surface area contributed by atoms with Crippen molar-refractivity contribution in [3.05, 3.63) is 51.4 Å². The maximum absolute atomic E-state index is 13.9. The molecule has 12 heteroatoms. The lowest BCUT2D eigenvalue weighted by Gasteiger charge is -2.31. The third-order valence-corrected chi connectivity index (χ3v) is 5.70. The molecule has 1 aliphatic carbocycles. The predicted molar refractivity (Wildman–Crippen MR) is 88.1 cm³/mol. The summed E-state index contributed by atoms with van der Waals surface area (Å²) in [6.45, 7) is 0. The second-order valence-corrected chi connectivity index (χ2v) is 8.83. The van der Waals surface area contributed by atoms with E-state index in [-0.39, 0.29) is 16.5 Å². The maximum Gasteiger partial charge on any atom is 0.460 e. The van der Waals surface area contributed by atoms with Crippen LogP contribution < -0.4 is 0 Å². The van der Waals surface area contributed by atoms with Crippen molar-refractivity contribution in [3.8, 4) is 0 Å². The number of thioether (sulfide) groups is 1. The molecule has 1 aromatic rings. The number of nitrogens with zero attached hydrogens (tertiary/aromatic N) is 1. The van der Waals surface area contributed by atoms with E-state index in [4.69, 9.17) is 0 Å². The molecule has 1 unspecified atom stereocenters. The van der Waals surface area contributed by atoms with Crippen LogP contribution in [-0.4, -0.2) is 22.3 Å². The minimum Gasteiger partial charge on any atom is -0.228 e. The predicted octanol–water partition coefficient (Wildman–Crippen LogP) is 6.90. The second kappa shape index (κ2) is 7.08. The van der Waals surface area contributed by atoms with Gasteiger partial charge in [-0.3, -0.25) is 0 Å². The van der Waals surface area contributed by atoms with Crippen molar-refractivity contribution < 1.29 is 35.1 Å². The lowest BCUT2D eigenvalue weighted by atomic mass is 9.93. The number of allylic oxidation sites excluding steroid dienone is 3. The summed E-state index contributed by atoms with van der Waals surface area (Å²) < 4.78 is 103. The van der Waals surface area contributed by atoms with Gasteiger partial charge in [0.1, 0.15) is 0 Å². The minimum absolute atomic E-state index is 0.000901. The number of alkyl halides is 8. The lowest BCUT2D eigenvalue weighted by Crippen LogP contribution is -2.50. The Balaban J connectivity index is 2.43. The van der Waals surface area contributed by atoms with Crippen molar-refractivity contribution in [2.45, 2.75) is 28.1 Å². The average molecular weight is 533 g/mol. The molecule has 1 nitrogen and oxygen atoms in total. The van der Waals surface area contributed by atoms with Crippen LogP contribution in [0.5, 0.6) is 0 Å². The van der Waals surface area contributed by atoms with E-state index in [1.54, 1.807) is 0 Å². The Morgan fingerprint density at radius 3 is 2.27 bits per heavy atom. The van der Waals surface area contributed by atoms with Crippen molar-refractivity contribution in [2.75, 3.05) is 0 Å². The Morgan fingerprint density at radius 2 is 1.73 bits per heavy atom. The highest BCUT2D eigenvalue weighted by Gasteiger charge is 2.73. The zero-order valence-corrected chi connectivity index (χ0v) is 16.2. The number of hydrogen-bond donors (Lipinski definition) is 0. The zero-order chi connectivity index (χ0) is 20.0. The van der Waals surface area contributed by atoms with Gasteiger partial charge in [-0.2, -0.15) is 35.1 Å². The summed E-state index contributed by atoms with van der Waals surface area (Å²) in [7, 11) is 0. The van der Waals surface area contributed by atoms with Gasteiger partial charge in [0.15, 0.2) is 0 Å². The van der Waals surface area contributed by atoms with Crippen LogP contribution in [0.1, 0.15) is 12.0 Å². The minimum atomic E-state index is -6.43. The molecule has 0 bridgehead atoms. The second-order valence-electron chi connectivity index (χ2n) is 5.21. The molecule has 1 aromatic heterocycles. The Morgan fingerprint density at radius 1 is 1.12 bits per heavy atom. The van der Waals surface area contributed by atoms with Crippen LogP contribution in [-0.2, 0) is 4.32 Å². The molecule has 26 heavy (non-hydrogen) atoms. The topological polar surface area (TPSA) is 12.9 Å². The van der Waals surface area contributed by atoms with Crippen LogP contribution in [0, 0.1) is 5.95 Å². The summed E-state index contributed by atoms with van der Waals surface area (Å²) in [6, 6.07) is 2.64. The zero-order valence-electron chi connectivity index (χ0n) is 12.2. The first-order chi connectivity index (χ1) is 11.7. The van der Waals surface area contributed by atoms with Crippen LogP contribution in [0.4, 0.5) is 35.1 Å². The molecule has 2 rings (SSSR count). The summed E-state index contributed by atoms with van der Waals surface area (Å²) >= 11 is 5.18. The maximum atomic E-state index is 13.9. The third kappa shape index (κ3) is 4.11. The first kappa shape index (κ1) is 21.7. The van der Waals surface area contributed by atoms with Crippen molar-refractivity contribution in [3.63, 3.8) is 0 Å². The van der Waals surface area contributed by atoms with Crippen LogP contribution >= 0.6 is 43.6 Å². The van der Waals surface area contributed by atoms with E-state index in [1.807, 2.05) is 0 Å². The van der Waals surface area contributed by atoms with E-state index in [9.17, 15) is 35.1 Å². The molecule has 0 radical (unpaired) electrons. The van der Waals surface area contributed by atoms with Crippen molar-refractivity contribution in [1.82, 2.24) is 4.98 Å². The molecular weight excluding hydrogens is 526 g/mol. The molecular formula is C14H7Br2F8NS. The molecule has 0 aliphatic heterocycles. The smallest absolute Gasteiger partial charge is 0.228 e. The third-order valence-electron chi connectivity index (χ3n) is 3.27. The van der Waals surface area contributed by atoms with Gasteiger partial charge in [0.2, 0.25) is 5.95 Å². The highest BCUT2D eigenvalue weighted by atomic mass is 79.9. The highest BCUT2D eigenvalue weighted by Crippen LogP contribution is 2.56. The number of pyridine rings is 1. The average Bonchev–Trinajstić information content (AvgIpc) is 2.44. The molecule has 0 saturated carbocycles. The lowest BCUT2D eigenvalue weighted by molar-refractivity contribution is -0.330. The van der Waals surface area contributed by atoms with E-state index < -0.39 is 44.3 Å². The van der Waals surface area contributed by atoms with Crippen molar-refractivity contribution in [1.29, 1.82) is 0 Å². The molecule has 1 aliphatic rings. The number of hydrogen-bond acceptors (Lipinski definition) is 2. The largest absolute Gasteiger partial charge is 0.460 e. The summed E-state index contributed by atoms with van der Waals surface area (Å²) in [6.07, 6.45) is -3.37. The molecule has 1 heterocycles. The number of aromatic nitrogens is 1. The molecule has 0 N–H and O–H groups in total. The van der Waals surface area contributed by atoms with E-state index in [1.165, 1.54) is 12.1 Å². The Bertz CT molecular complexity index is 762. The highest BCUT2D eigenvalue weighted by molar-refractivity contribution is 9.12. The Labute approximate surface area is 163 Å². The van der Waals surface area contributed by atoms with E-state index in [0.29, 0.717) is 0 Å². The number of halogens is 10. The molecule has 0 spiro atoms. The van der Waals surface area contributed by atoms with Gasteiger partial charge in [0.25, 0.3) is 0 Å². The molecule has 0 amide bonds. The summed E-state index contributed by atoms with van der Waals surface area (Å²) in [5, 5.41) is -5.47. The fourth-order valence-electron chi connectivity index (χ4n) is 2.07. The molecule has 1 atom stereocenters. The standard InChI is InChI=1S/C14H7Br2F8NS/c15-7-4-8(26-14(23,24)12(18,19)13(20,21)22)6-11(16,5-7)9-2-1-3-25-10(9)17/h1-4,6H,5H2. The van der Waals surface area contributed by atoms with E-state index in [2.05, 4.69) is 36.8 Å². The van der Waals surface area contributed by atoms with Gasteiger partial charge in [-0.25, -0.2) is 4.98 Å². The first-order valence-corrected chi connectivity index (χ1v) is 9.00. The summed E-state index contributed by atoms with van der Waals surface area (Å²) in [5.74, 6) is -7.20. The van der Waals surface area contributed by atoms with Gasteiger partial charge < -0.3 is 0 Å². The molecule has 0 aromatic carbocycles. The Hall–Kier alpha value is -0.620. The number of rotatable bonds is 4. The van der Waals surface area contributed by atoms with Gasteiger partial charge in [-0.1, -0.05) is 37.9 Å². The van der Waals surface area contributed by atoms with Crippen LogP contribution in [0.15, 0.2) is 39.9 Å². The van der Waals surface area contributed by atoms with Gasteiger partial charge in [0.05, 0.1) is 4.32 Å². The van der Waals surface area contributed by atoms with Crippen LogP contribution in [0.25, 0.3) is 0 Å². The molecule has 0 saturated heterocycles. The van der Waals surface area contributed by atoms with Gasteiger partial charge >= 0.3 is 17.4 Å². The summed E-state index contributed by atoms with van der Waals surface area (Å²) in [4.78, 5) is 2.81. The van der Waals surface area contributed by atoms with Crippen molar-refractivity contribution in [2.24, 2.45) is 0 Å². The van der Waals surface area contributed by atoms with Gasteiger partial charge in [-0.15, -0.1) is 0 Å². The summed E-state index contributed by atoms with van der Waals surface area (Å²) in [5.41, 5.74) is -0.0888. The first-order valence-electron chi connectivity index (χ1n) is 6.60. The quantitative estimate of drug-likeness (QED) is 0.238. The van der Waals surface area contributed by atoms with Crippen molar-refractivity contribution >= 4 is 43.6 Å². The van der Waals surface area contributed by atoms with Gasteiger partial charge in [-0.05, 0) is 34.5 Å². The monoisotopic (exact) mass is 531 g/mol. The molecule has 144 valence electrons. The normalized spacial score (nSPS) is 22.1. The van der Waals surface area contributed by atoms with Crippen LogP contribution in [0.3, 0.4) is 0 Å².